The van der Waals surface area contributed by atoms with Crippen LogP contribution in [0.2, 0.25) is 0 Å². The van der Waals surface area contributed by atoms with E-state index in [0.29, 0.717) is 17.8 Å². The molecule has 0 amide bonds. The second-order valence-corrected chi connectivity index (χ2v) is 11.2. The highest BCUT2D eigenvalue weighted by molar-refractivity contribution is 9.10. The number of rotatable bonds is 8. The average Bonchev–Trinajstić information content (AvgIpc) is 2.96. The number of hydrogen-bond acceptors (Lipinski definition) is 9. The monoisotopic (exact) mass is 595 g/mol. The fraction of sp³-hybridized carbons (Fsp3) is 0.448. The number of halogens is 1. The van der Waals surface area contributed by atoms with Gasteiger partial charge < -0.3 is 30.3 Å². The van der Waals surface area contributed by atoms with E-state index in [2.05, 4.69) is 77.3 Å². The van der Waals surface area contributed by atoms with Crippen LogP contribution in [0.5, 0.6) is 5.75 Å². The van der Waals surface area contributed by atoms with E-state index in [1.807, 2.05) is 24.3 Å². The number of aliphatic hydroxyl groups is 1. The standard InChI is InChI=1S/C29H38BrN7O2/c1-20-15-25(33-29-31-18-24(30)28(34-29)32-22-6-4-5-21(16-22)19-38)27(39-3)17-26(20)37-9-7-23(8-10-37)36-13-11-35(2)12-14-36/h4-6,15-18,23,38H,7-14,19H2,1-3H3,(H2,31,32,33,34). The molecule has 5 rings (SSSR count). The molecular formula is C29H38BrN7O2. The molecule has 1 aromatic heterocycles. The number of ether oxygens (including phenoxy) is 1. The van der Waals surface area contributed by atoms with Crippen LogP contribution in [0.1, 0.15) is 24.0 Å². The summed E-state index contributed by atoms with van der Waals surface area (Å²) in [5.74, 6) is 1.84. The fourth-order valence-electron chi connectivity index (χ4n) is 5.46. The van der Waals surface area contributed by atoms with Crippen LogP contribution < -0.4 is 20.3 Å². The van der Waals surface area contributed by atoms with Crippen LogP contribution in [0.4, 0.5) is 28.8 Å². The van der Waals surface area contributed by atoms with Gasteiger partial charge in [-0.3, -0.25) is 4.90 Å². The maximum Gasteiger partial charge on any atom is 0.229 e. The van der Waals surface area contributed by atoms with Crippen molar-refractivity contribution in [2.75, 3.05) is 69.0 Å². The van der Waals surface area contributed by atoms with Crippen LogP contribution in [-0.4, -0.2) is 84.3 Å². The number of nitrogens with zero attached hydrogens (tertiary/aromatic N) is 5. The minimum absolute atomic E-state index is 0.0172. The number of piperidine rings is 1. The fourth-order valence-corrected chi connectivity index (χ4v) is 5.75. The van der Waals surface area contributed by atoms with Crippen LogP contribution in [0.15, 0.2) is 47.1 Å². The van der Waals surface area contributed by atoms with Crippen molar-refractivity contribution in [1.82, 2.24) is 19.8 Å². The van der Waals surface area contributed by atoms with E-state index >= 15 is 0 Å². The lowest BCUT2D eigenvalue weighted by Gasteiger charge is -2.43. The maximum absolute atomic E-state index is 9.45. The molecule has 208 valence electrons. The molecule has 3 N–H and O–H groups in total. The molecule has 3 aromatic rings. The zero-order valence-corrected chi connectivity index (χ0v) is 24.5. The summed E-state index contributed by atoms with van der Waals surface area (Å²) in [5, 5.41) is 16.1. The minimum Gasteiger partial charge on any atom is -0.494 e. The van der Waals surface area contributed by atoms with Crippen molar-refractivity contribution in [3.05, 3.63) is 58.2 Å². The summed E-state index contributed by atoms with van der Waals surface area (Å²) in [6, 6.07) is 12.5. The van der Waals surface area contributed by atoms with Gasteiger partial charge in [0.1, 0.15) is 11.6 Å². The molecule has 0 atom stereocenters. The molecule has 9 nitrogen and oxygen atoms in total. The predicted molar refractivity (Wildman–Crippen MR) is 161 cm³/mol. The second kappa shape index (κ2) is 12.5. The van der Waals surface area contributed by atoms with Crippen LogP contribution in [0.25, 0.3) is 0 Å². The molecule has 2 aliphatic rings. The molecule has 0 bridgehead atoms. The van der Waals surface area contributed by atoms with Crippen molar-refractivity contribution in [3.8, 4) is 5.75 Å². The molecule has 0 aliphatic carbocycles. The number of likely N-dealkylation sites (N-methyl/N-ethyl adjacent to an activating group) is 1. The topological polar surface area (TPSA) is 89.0 Å². The van der Waals surface area contributed by atoms with Gasteiger partial charge in [0.2, 0.25) is 5.95 Å². The van der Waals surface area contributed by atoms with Gasteiger partial charge in [0.25, 0.3) is 0 Å². The zero-order valence-electron chi connectivity index (χ0n) is 23.0. The number of nitrogens with one attached hydrogen (secondary N) is 2. The van der Waals surface area contributed by atoms with Crippen molar-refractivity contribution in [3.63, 3.8) is 0 Å². The molecular weight excluding hydrogens is 558 g/mol. The number of aliphatic hydroxyl groups excluding tert-OH is 1. The van der Waals surface area contributed by atoms with Crippen molar-refractivity contribution < 1.29 is 9.84 Å². The van der Waals surface area contributed by atoms with Gasteiger partial charge in [-0.15, -0.1) is 0 Å². The maximum atomic E-state index is 9.45. The van der Waals surface area contributed by atoms with E-state index in [9.17, 15) is 5.11 Å². The normalized spacial score (nSPS) is 17.3. The number of aromatic nitrogens is 2. The number of piperazine rings is 1. The van der Waals surface area contributed by atoms with Crippen molar-refractivity contribution in [1.29, 1.82) is 0 Å². The number of methoxy groups -OCH3 is 1. The summed E-state index contributed by atoms with van der Waals surface area (Å²) >= 11 is 3.53. The van der Waals surface area contributed by atoms with E-state index in [0.717, 1.165) is 40.2 Å². The predicted octanol–water partition coefficient (Wildman–Crippen LogP) is 4.75. The third kappa shape index (κ3) is 6.63. The van der Waals surface area contributed by atoms with Gasteiger partial charge in [-0.2, -0.15) is 4.98 Å². The molecule has 3 heterocycles. The first-order valence-corrected chi connectivity index (χ1v) is 14.4. The Morgan fingerprint density at radius 2 is 1.82 bits per heavy atom. The Balaban J connectivity index is 1.28. The molecule has 2 fully saturated rings. The van der Waals surface area contributed by atoms with E-state index in [4.69, 9.17) is 4.74 Å². The largest absolute Gasteiger partial charge is 0.494 e. The highest BCUT2D eigenvalue weighted by Gasteiger charge is 2.27. The number of hydrogen-bond donors (Lipinski definition) is 3. The summed E-state index contributed by atoms with van der Waals surface area (Å²) in [6.07, 6.45) is 4.09. The summed E-state index contributed by atoms with van der Waals surface area (Å²) in [5.41, 5.74) is 4.89. The summed E-state index contributed by atoms with van der Waals surface area (Å²) < 4.78 is 6.54. The third-order valence-electron chi connectivity index (χ3n) is 7.74. The number of benzene rings is 2. The van der Waals surface area contributed by atoms with Gasteiger partial charge in [0, 0.05) is 68.9 Å². The Kier molecular flexibility index (Phi) is 8.86. The number of anilines is 5. The quantitative estimate of drug-likeness (QED) is 0.341. The molecule has 0 radical (unpaired) electrons. The lowest BCUT2D eigenvalue weighted by molar-refractivity contribution is 0.0982. The van der Waals surface area contributed by atoms with Crippen molar-refractivity contribution in [2.24, 2.45) is 0 Å². The van der Waals surface area contributed by atoms with Gasteiger partial charge in [-0.1, -0.05) is 12.1 Å². The lowest BCUT2D eigenvalue weighted by Crippen LogP contribution is -2.52. The van der Waals surface area contributed by atoms with Gasteiger partial charge in [0.15, 0.2) is 0 Å². The molecule has 10 heteroatoms. The van der Waals surface area contributed by atoms with Gasteiger partial charge in [-0.05, 0) is 72.1 Å². The van der Waals surface area contributed by atoms with E-state index in [-0.39, 0.29) is 6.61 Å². The molecule has 0 saturated carbocycles. The Morgan fingerprint density at radius 1 is 1.05 bits per heavy atom. The molecule has 0 spiro atoms. The van der Waals surface area contributed by atoms with Gasteiger partial charge in [-0.25, -0.2) is 4.98 Å². The van der Waals surface area contributed by atoms with Gasteiger partial charge >= 0.3 is 0 Å². The first kappa shape index (κ1) is 27.6. The Bertz CT molecular complexity index is 1270. The van der Waals surface area contributed by atoms with Crippen LogP contribution in [-0.2, 0) is 6.61 Å². The minimum atomic E-state index is -0.0172. The smallest absolute Gasteiger partial charge is 0.229 e. The second-order valence-electron chi connectivity index (χ2n) is 10.4. The van der Waals surface area contributed by atoms with E-state index < -0.39 is 0 Å². The average molecular weight is 597 g/mol. The molecule has 2 aliphatic heterocycles. The first-order valence-electron chi connectivity index (χ1n) is 13.6. The third-order valence-corrected chi connectivity index (χ3v) is 8.32. The Labute approximate surface area is 239 Å². The summed E-state index contributed by atoms with van der Waals surface area (Å²) in [7, 11) is 3.91. The van der Waals surface area contributed by atoms with Crippen molar-refractivity contribution >= 4 is 44.8 Å². The molecule has 39 heavy (non-hydrogen) atoms. The Morgan fingerprint density at radius 3 is 2.54 bits per heavy atom. The number of aryl methyl sites for hydroxylation is 1. The highest BCUT2D eigenvalue weighted by Crippen LogP contribution is 2.36. The zero-order chi connectivity index (χ0) is 27.4. The van der Waals surface area contributed by atoms with E-state index in [1.54, 1.807) is 13.3 Å². The van der Waals surface area contributed by atoms with Crippen molar-refractivity contribution in [2.45, 2.75) is 32.4 Å². The Hall–Kier alpha value is -2.92. The van der Waals surface area contributed by atoms with Crippen LogP contribution >= 0.6 is 15.9 Å². The summed E-state index contributed by atoms with van der Waals surface area (Å²) in [6.45, 7) is 8.93. The van der Waals surface area contributed by atoms with Gasteiger partial charge in [0.05, 0.1) is 23.9 Å². The lowest BCUT2D eigenvalue weighted by atomic mass is 10.0. The van der Waals surface area contributed by atoms with Crippen LogP contribution in [0.3, 0.4) is 0 Å². The van der Waals surface area contributed by atoms with Crippen LogP contribution in [0, 0.1) is 6.92 Å². The first-order chi connectivity index (χ1) is 18.9. The summed E-state index contributed by atoms with van der Waals surface area (Å²) in [4.78, 5) is 16.7. The highest BCUT2D eigenvalue weighted by atomic mass is 79.9. The molecule has 2 aromatic carbocycles. The molecule has 0 unspecified atom stereocenters. The van der Waals surface area contributed by atoms with E-state index in [1.165, 1.54) is 50.3 Å². The molecule has 2 saturated heterocycles. The SMILES string of the molecule is COc1cc(N2CCC(N3CCN(C)CC3)CC2)c(C)cc1Nc1ncc(Br)c(Nc2cccc(CO)c2)n1.